The van der Waals surface area contributed by atoms with Gasteiger partial charge in [-0.3, -0.25) is 4.79 Å². The van der Waals surface area contributed by atoms with Crippen LogP contribution in [0.5, 0.6) is 5.75 Å². The van der Waals surface area contributed by atoms with Gasteiger partial charge >= 0.3 is 0 Å². The molecule has 0 spiro atoms. The zero-order valence-electron chi connectivity index (χ0n) is 11.9. The molecule has 0 aliphatic rings. The molecule has 2 aromatic carbocycles. The molecule has 0 saturated heterocycles. The van der Waals surface area contributed by atoms with Crippen LogP contribution in [0.3, 0.4) is 0 Å². The molecular formula is C16H17IN2O2. The number of para-hydroxylation sites is 2. The van der Waals surface area contributed by atoms with Crippen molar-refractivity contribution in [2.24, 2.45) is 0 Å². The third kappa shape index (κ3) is 4.35. The van der Waals surface area contributed by atoms with Gasteiger partial charge in [0, 0.05) is 9.26 Å². The standard InChI is InChI=1S/C16H17IN2O2/c1-11(18-13-7-5-6-12(17)10-13)16(20)19-14-8-3-4-9-15(14)21-2/h3-11,18H,1-2H3,(H,19,20). The monoisotopic (exact) mass is 396 g/mol. The van der Waals surface area contributed by atoms with E-state index in [1.807, 2.05) is 55.5 Å². The fourth-order valence-electron chi connectivity index (χ4n) is 1.88. The number of anilines is 2. The minimum atomic E-state index is -0.354. The van der Waals surface area contributed by atoms with Gasteiger partial charge in [-0.25, -0.2) is 0 Å². The van der Waals surface area contributed by atoms with Crippen LogP contribution in [-0.4, -0.2) is 19.1 Å². The molecule has 0 bridgehead atoms. The maximum absolute atomic E-state index is 12.2. The van der Waals surface area contributed by atoms with Crippen molar-refractivity contribution >= 4 is 39.9 Å². The second kappa shape index (κ2) is 7.31. The number of hydrogen-bond donors (Lipinski definition) is 2. The average molecular weight is 396 g/mol. The van der Waals surface area contributed by atoms with Crippen LogP contribution in [0.15, 0.2) is 48.5 Å². The van der Waals surface area contributed by atoms with E-state index in [2.05, 4.69) is 33.2 Å². The predicted molar refractivity (Wildman–Crippen MR) is 93.9 cm³/mol. The van der Waals surface area contributed by atoms with E-state index in [9.17, 15) is 4.79 Å². The highest BCUT2D eigenvalue weighted by atomic mass is 127. The van der Waals surface area contributed by atoms with Gasteiger partial charge in [0.1, 0.15) is 11.8 Å². The van der Waals surface area contributed by atoms with Crippen LogP contribution in [0, 0.1) is 3.57 Å². The summed E-state index contributed by atoms with van der Waals surface area (Å²) in [4.78, 5) is 12.2. The van der Waals surface area contributed by atoms with Gasteiger partial charge in [-0.2, -0.15) is 0 Å². The Morgan fingerprint density at radius 3 is 2.67 bits per heavy atom. The zero-order valence-corrected chi connectivity index (χ0v) is 14.0. The van der Waals surface area contributed by atoms with Crippen LogP contribution in [-0.2, 0) is 4.79 Å². The molecule has 2 aromatic rings. The third-order valence-corrected chi connectivity index (χ3v) is 3.64. The van der Waals surface area contributed by atoms with Crippen LogP contribution in [0.4, 0.5) is 11.4 Å². The van der Waals surface area contributed by atoms with Crippen molar-refractivity contribution in [3.63, 3.8) is 0 Å². The zero-order chi connectivity index (χ0) is 15.2. The highest BCUT2D eigenvalue weighted by molar-refractivity contribution is 14.1. The van der Waals surface area contributed by atoms with Crippen LogP contribution in [0.2, 0.25) is 0 Å². The van der Waals surface area contributed by atoms with Gasteiger partial charge < -0.3 is 15.4 Å². The molecule has 1 unspecified atom stereocenters. The largest absolute Gasteiger partial charge is 0.495 e. The molecule has 2 rings (SSSR count). The predicted octanol–water partition coefficient (Wildman–Crippen LogP) is 3.74. The van der Waals surface area contributed by atoms with Crippen molar-refractivity contribution in [2.75, 3.05) is 17.7 Å². The molecular weight excluding hydrogens is 379 g/mol. The molecule has 0 radical (unpaired) electrons. The van der Waals surface area contributed by atoms with Crippen LogP contribution in [0.1, 0.15) is 6.92 Å². The molecule has 5 heteroatoms. The lowest BCUT2D eigenvalue weighted by Gasteiger charge is -2.16. The molecule has 4 nitrogen and oxygen atoms in total. The third-order valence-electron chi connectivity index (χ3n) is 2.97. The minimum Gasteiger partial charge on any atom is -0.495 e. The number of amides is 1. The molecule has 0 saturated carbocycles. The van der Waals surface area contributed by atoms with Gasteiger partial charge in [-0.15, -0.1) is 0 Å². The lowest BCUT2D eigenvalue weighted by molar-refractivity contribution is -0.116. The van der Waals surface area contributed by atoms with E-state index < -0.39 is 0 Å². The molecule has 0 aliphatic carbocycles. The Hall–Kier alpha value is -1.76. The molecule has 0 fully saturated rings. The normalized spacial score (nSPS) is 11.6. The van der Waals surface area contributed by atoms with E-state index in [0.717, 1.165) is 9.26 Å². The summed E-state index contributed by atoms with van der Waals surface area (Å²) in [6, 6.07) is 14.9. The molecule has 2 N–H and O–H groups in total. The summed E-state index contributed by atoms with van der Waals surface area (Å²) in [5.41, 5.74) is 1.59. The summed E-state index contributed by atoms with van der Waals surface area (Å²) >= 11 is 2.24. The summed E-state index contributed by atoms with van der Waals surface area (Å²) in [7, 11) is 1.58. The smallest absolute Gasteiger partial charge is 0.246 e. The number of nitrogens with one attached hydrogen (secondary N) is 2. The Balaban J connectivity index is 2.02. The summed E-state index contributed by atoms with van der Waals surface area (Å²) in [6.07, 6.45) is 0. The van der Waals surface area contributed by atoms with Gasteiger partial charge in [0.25, 0.3) is 0 Å². The number of benzene rings is 2. The minimum absolute atomic E-state index is 0.113. The van der Waals surface area contributed by atoms with E-state index in [1.54, 1.807) is 7.11 Å². The Morgan fingerprint density at radius 1 is 1.19 bits per heavy atom. The van der Waals surface area contributed by atoms with E-state index >= 15 is 0 Å². The number of ether oxygens (including phenoxy) is 1. The highest BCUT2D eigenvalue weighted by Crippen LogP contribution is 2.23. The van der Waals surface area contributed by atoms with Gasteiger partial charge in [0.15, 0.2) is 0 Å². The van der Waals surface area contributed by atoms with Gasteiger partial charge in [-0.1, -0.05) is 18.2 Å². The van der Waals surface area contributed by atoms with E-state index in [0.29, 0.717) is 11.4 Å². The summed E-state index contributed by atoms with van der Waals surface area (Å²) < 4.78 is 6.34. The first-order valence-corrected chi connectivity index (χ1v) is 7.64. The second-order valence-electron chi connectivity index (χ2n) is 4.57. The summed E-state index contributed by atoms with van der Waals surface area (Å²) in [5, 5.41) is 6.05. The molecule has 0 aliphatic heterocycles. The van der Waals surface area contributed by atoms with Crippen molar-refractivity contribution in [2.45, 2.75) is 13.0 Å². The Labute approximate surface area is 138 Å². The Morgan fingerprint density at radius 2 is 1.95 bits per heavy atom. The van der Waals surface area contributed by atoms with Crippen LogP contribution in [0.25, 0.3) is 0 Å². The number of hydrogen-bond acceptors (Lipinski definition) is 3. The number of rotatable bonds is 5. The quantitative estimate of drug-likeness (QED) is 0.758. The molecule has 1 amide bonds. The molecule has 21 heavy (non-hydrogen) atoms. The van der Waals surface area contributed by atoms with E-state index in [4.69, 9.17) is 4.74 Å². The Bertz CT molecular complexity index is 631. The number of carbonyl (C=O) groups excluding carboxylic acids is 1. The first-order valence-electron chi connectivity index (χ1n) is 6.56. The number of methoxy groups -OCH3 is 1. The maximum Gasteiger partial charge on any atom is 0.246 e. The Kier molecular flexibility index (Phi) is 5.44. The molecule has 0 aromatic heterocycles. The average Bonchev–Trinajstić information content (AvgIpc) is 2.47. The topological polar surface area (TPSA) is 50.4 Å². The van der Waals surface area contributed by atoms with Gasteiger partial charge in [-0.05, 0) is 59.8 Å². The van der Waals surface area contributed by atoms with E-state index in [1.165, 1.54) is 0 Å². The highest BCUT2D eigenvalue weighted by Gasteiger charge is 2.14. The number of carbonyl (C=O) groups is 1. The second-order valence-corrected chi connectivity index (χ2v) is 5.81. The summed E-state index contributed by atoms with van der Waals surface area (Å²) in [6.45, 7) is 1.82. The fourth-order valence-corrected chi connectivity index (χ4v) is 2.43. The van der Waals surface area contributed by atoms with Crippen molar-refractivity contribution < 1.29 is 9.53 Å². The van der Waals surface area contributed by atoms with Crippen molar-refractivity contribution in [1.29, 1.82) is 0 Å². The van der Waals surface area contributed by atoms with Gasteiger partial charge in [0.05, 0.1) is 12.8 Å². The van der Waals surface area contributed by atoms with Crippen molar-refractivity contribution in [3.05, 3.63) is 52.1 Å². The van der Waals surface area contributed by atoms with Crippen molar-refractivity contribution in [3.8, 4) is 5.75 Å². The molecule has 110 valence electrons. The van der Waals surface area contributed by atoms with Crippen LogP contribution < -0.4 is 15.4 Å². The van der Waals surface area contributed by atoms with Gasteiger partial charge in [0.2, 0.25) is 5.91 Å². The molecule has 1 atom stereocenters. The lowest BCUT2D eigenvalue weighted by Crippen LogP contribution is -2.32. The molecule has 0 heterocycles. The SMILES string of the molecule is COc1ccccc1NC(=O)C(C)Nc1cccc(I)c1. The van der Waals surface area contributed by atoms with E-state index in [-0.39, 0.29) is 11.9 Å². The number of halogens is 1. The lowest BCUT2D eigenvalue weighted by atomic mass is 10.2. The first-order chi connectivity index (χ1) is 10.1. The first kappa shape index (κ1) is 15.6. The van der Waals surface area contributed by atoms with Crippen LogP contribution >= 0.6 is 22.6 Å². The fraction of sp³-hybridized carbons (Fsp3) is 0.188. The maximum atomic E-state index is 12.2. The van der Waals surface area contributed by atoms with Crippen molar-refractivity contribution in [1.82, 2.24) is 0 Å². The summed E-state index contributed by atoms with van der Waals surface area (Å²) in [5.74, 6) is 0.533.